The number of anilines is 2. The average molecular weight is 656 g/mol. The molecule has 0 radical (unpaired) electrons. The maximum Gasteiger partial charge on any atom is 0.211 e. The highest BCUT2D eigenvalue weighted by molar-refractivity contribution is 8.26. The van der Waals surface area contributed by atoms with Gasteiger partial charge in [-0.15, -0.1) is 0 Å². The number of fused-ring (bicyclic) bond motifs is 6. The maximum atomic E-state index is 12.6. The summed E-state index contributed by atoms with van der Waals surface area (Å²) in [5.41, 5.74) is 16.2. The van der Waals surface area contributed by atoms with Crippen molar-refractivity contribution >= 4 is 87.9 Å². The number of halogens is 2. The molecule has 5 aromatic rings. The van der Waals surface area contributed by atoms with Crippen molar-refractivity contribution in [2.24, 2.45) is 0 Å². The van der Waals surface area contributed by atoms with Crippen molar-refractivity contribution in [2.75, 3.05) is 11.5 Å². The van der Waals surface area contributed by atoms with Crippen molar-refractivity contribution in [1.82, 2.24) is 8.75 Å². The van der Waals surface area contributed by atoms with Gasteiger partial charge in [0.15, 0.2) is 23.1 Å². The highest BCUT2D eigenvalue weighted by atomic mass is 36.0. The number of hydrogen-bond acceptors (Lipinski definition) is 10. The second-order valence-corrected chi connectivity index (χ2v) is 11.8. The first-order valence-corrected chi connectivity index (χ1v) is 15.2. The molecule has 0 saturated heterocycles. The molecule has 0 bridgehead atoms. The molecule has 4 N–H and O–H groups in total. The molecule has 0 amide bonds. The zero-order valence-corrected chi connectivity index (χ0v) is 23.7. The molecule has 43 heavy (non-hydrogen) atoms. The van der Waals surface area contributed by atoms with Crippen LogP contribution < -0.4 is 11.5 Å². The molecular weight excluding hydrogens is 631 g/mol. The molecule has 13 heteroatoms. The average Bonchev–Trinajstić information content (AvgIpc) is 3.45. The molecule has 2 aliphatic rings. The summed E-state index contributed by atoms with van der Waals surface area (Å²) in [6, 6.07) is 20.1. The molecule has 220 valence electrons. The zero-order chi connectivity index (χ0) is 29.4. The molecule has 0 fully saturated rings. The van der Waals surface area contributed by atoms with E-state index in [0.717, 1.165) is 11.7 Å². The van der Waals surface area contributed by atoms with Crippen LogP contribution >= 0.6 is 33.1 Å². The SMILES string of the molecule is C.C.Nc1ccc2c(c1N)C(=O)c1ccccc1C2=O.O=C1c2ccccc2C(=O)c2c1ccc1nsnc21.O=S(Cl)Cl. The quantitative estimate of drug-likeness (QED) is 0.139. The van der Waals surface area contributed by atoms with Gasteiger partial charge in [0.05, 0.1) is 34.2 Å². The van der Waals surface area contributed by atoms with Crippen molar-refractivity contribution in [3.8, 4) is 0 Å². The number of nitrogens with two attached hydrogens (primary N) is 2. The Morgan fingerprint density at radius 3 is 1.51 bits per heavy atom. The smallest absolute Gasteiger partial charge is 0.211 e. The Balaban J connectivity index is 0.000000202. The highest BCUT2D eigenvalue weighted by Gasteiger charge is 2.32. The Morgan fingerprint density at radius 2 is 1.00 bits per heavy atom. The minimum atomic E-state index is -1.67. The van der Waals surface area contributed by atoms with Crippen molar-refractivity contribution in [3.05, 3.63) is 117 Å². The van der Waals surface area contributed by atoms with Crippen molar-refractivity contribution in [1.29, 1.82) is 0 Å². The minimum absolute atomic E-state index is 0. The van der Waals surface area contributed by atoms with E-state index in [1.54, 1.807) is 72.8 Å². The summed E-state index contributed by atoms with van der Waals surface area (Å²) in [4.78, 5) is 49.6. The number of carbonyl (C=O) groups is 4. The van der Waals surface area contributed by atoms with Gasteiger partial charge in [0.25, 0.3) is 0 Å². The Hall–Kier alpha value is -4.29. The predicted octanol–water partition coefficient (Wildman–Crippen LogP) is 6.41. The van der Waals surface area contributed by atoms with Gasteiger partial charge in [0.2, 0.25) is 9.23 Å². The third-order valence-electron chi connectivity index (χ3n) is 6.48. The highest BCUT2D eigenvalue weighted by Crippen LogP contribution is 2.34. The van der Waals surface area contributed by atoms with E-state index in [-0.39, 0.29) is 49.2 Å². The first-order chi connectivity index (χ1) is 19.6. The molecule has 0 saturated carbocycles. The number of hydrogen-bond donors (Lipinski definition) is 2. The molecule has 1 aromatic heterocycles. The van der Waals surface area contributed by atoms with Crippen LogP contribution in [0, 0.1) is 0 Å². The van der Waals surface area contributed by atoms with Gasteiger partial charge in [-0.1, -0.05) is 63.4 Å². The fourth-order valence-electron chi connectivity index (χ4n) is 4.66. The van der Waals surface area contributed by atoms with Crippen LogP contribution in [0.2, 0.25) is 0 Å². The number of rotatable bonds is 0. The maximum absolute atomic E-state index is 12.6. The summed E-state index contributed by atoms with van der Waals surface area (Å²) in [6.07, 6.45) is 0. The lowest BCUT2D eigenvalue weighted by Crippen LogP contribution is -2.22. The second-order valence-electron chi connectivity index (χ2n) is 8.70. The molecule has 0 atom stereocenters. The van der Waals surface area contributed by atoms with Crippen molar-refractivity contribution < 1.29 is 23.4 Å². The molecule has 0 spiro atoms. The summed E-state index contributed by atoms with van der Waals surface area (Å²) >= 11 is 1.05. The Morgan fingerprint density at radius 1 is 0.581 bits per heavy atom. The summed E-state index contributed by atoms with van der Waals surface area (Å²) in [7, 11) is 7.36. The van der Waals surface area contributed by atoms with Gasteiger partial charge in [-0.2, -0.15) is 8.75 Å². The van der Waals surface area contributed by atoms with Crippen LogP contribution in [0.4, 0.5) is 11.4 Å². The van der Waals surface area contributed by atoms with Crippen LogP contribution in [0.1, 0.15) is 78.5 Å². The Labute approximate surface area is 262 Å². The Bertz CT molecular complexity index is 1950. The molecule has 0 aliphatic heterocycles. The predicted molar refractivity (Wildman–Crippen MR) is 173 cm³/mol. The number of nitrogens with zero attached hydrogens (tertiary/aromatic N) is 2. The van der Waals surface area contributed by atoms with Gasteiger partial charge in [0, 0.05) is 54.7 Å². The van der Waals surface area contributed by atoms with E-state index < -0.39 is 9.23 Å². The van der Waals surface area contributed by atoms with E-state index in [2.05, 4.69) is 30.1 Å². The number of benzene rings is 4. The van der Waals surface area contributed by atoms with Gasteiger partial charge in [0.1, 0.15) is 11.0 Å². The van der Waals surface area contributed by atoms with Gasteiger partial charge in [-0.25, -0.2) is 4.21 Å². The normalized spacial score (nSPS) is 12.3. The minimum Gasteiger partial charge on any atom is -0.397 e. The standard InChI is InChI=1S/C14H6N2O2S.C14H10N2O2.2CH4.Cl2OS/c17-13-7-3-1-2-4-8(7)14(18)11-9(13)5-6-10-12(11)16-19-15-10;15-10-6-5-9-11(12(10)16)14(18)8-4-2-1-3-7(8)13(9)17;;;1-4(2)3/h1-6H;1-6H,15-16H2;2*1H4;. The van der Waals surface area contributed by atoms with E-state index in [1.165, 1.54) is 0 Å². The van der Waals surface area contributed by atoms with Gasteiger partial charge < -0.3 is 11.5 Å². The third kappa shape index (κ3) is 5.98. The van der Waals surface area contributed by atoms with Crippen molar-refractivity contribution in [2.45, 2.75) is 14.9 Å². The van der Waals surface area contributed by atoms with E-state index >= 15 is 0 Å². The van der Waals surface area contributed by atoms with Crippen LogP contribution in [-0.2, 0) is 9.23 Å². The van der Waals surface area contributed by atoms with Gasteiger partial charge in [-0.05, 0) is 24.3 Å². The first kappa shape index (κ1) is 33.2. The second kappa shape index (κ2) is 13.3. The molecule has 9 nitrogen and oxygen atoms in total. The van der Waals surface area contributed by atoms with E-state index in [9.17, 15) is 19.2 Å². The van der Waals surface area contributed by atoms with E-state index in [0.29, 0.717) is 55.7 Å². The third-order valence-corrected chi connectivity index (χ3v) is 7.03. The zero-order valence-electron chi connectivity index (χ0n) is 20.6. The molecule has 4 aromatic carbocycles. The lowest BCUT2D eigenvalue weighted by molar-refractivity contribution is 0.0980. The van der Waals surface area contributed by atoms with Crippen LogP contribution in [0.5, 0.6) is 0 Å². The van der Waals surface area contributed by atoms with Gasteiger partial charge in [-0.3, -0.25) is 19.2 Å². The lowest BCUT2D eigenvalue weighted by Gasteiger charge is -2.19. The molecule has 7 rings (SSSR count). The van der Waals surface area contributed by atoms with Crippen LogP contribution in [0.3, 0.4) is 0 Å². The van der Waals surface area contributed by atoms with E-state index in [1.807, 2.05) is 0 Å². The topological polar surface area (TPSA) is 163 Å². The van der Waals surface area contributed by atoms with Crippen LogP contribution in [0.25, 0.3) is 11.0 Å². The fourth-order valence-corrected chi connectivity index (χ4v) is 5.20. The molecular formula is C30H24Cl2N4O5S2. The fraction of sp³-hybridized carbons (Fsp3) is 0.0667. The Kier molecular flexibility index (Phi) is 10.3. The number of carbonyl (C=O) groups excluding carboxylic acids is 4. The monoisotopic (exact) mass is 654 g/mol. The summed E-state index contributed by atoms with van der Waals surface area (Å²) < 4.78 is 17.3. The summed E-state index contributed by atoms with van der Waals surface area (Å²) in [6.45, 7) is 0. The molecule has 0 unspecified atom stereocenters. The molecule has 2 aliphatic carbocycles. The molecule has 1 heterocycles. The van der Waals surface area contributed by atoms with Crippen LogP contribution in [-0.4, -0.2) is 36.1 Å². The van der Waals surface area contributed by atoms with Crippen LogP contribution in [0.15, 0.2) is 72.8 Å². The lowest BCUT2D eigenvalue weighted by atomic mass is 9.83. The number of nitrogen functional groups attached to an aromatic ring is 2. The largest absolute Gasteiger partial charge is 0.397 e. The van der Waals surface area contributed by atoms with E-state index in [4.69, 9.17) is 15.7 Å². The van der Waals surface area contributed by atoms with Crippen molar-refractivity contribution in [3.63, 3.8) is 0 Å². The van der Waals surface area contributed by atoms with Gasteiger partial charge >= 0.3 is 0 Å². The number of aromatic nitrogens is 2. The summed E-state index contributed by atoms with van der Waals surface area (Å²) in [5, 5.41) is 0. The summed E-state index contributed by atoms with van der Waals surface area (Å²) in [5.74, 6) is -0.708. The number of ketones is 4. The first-order valence-electron chi connectivity index (χ1n) is 11.7.